The molecule has 3 atom stereocenters. The summed E-state index contributed by atoms with van der Waals surface area (Å²) in [6.07, 6.45) is 5.36. The first-order chi connectivity index (χ1) is 20.1. The first kappa shape index (κ1) is 27.2. The fourth-order valence-electron chi connectivity index (χ4n) is 8.37. The van der Waals surface area contributed by atoms with Crippen molar-refractivity contribution in [1.29, 1.82) is 0 Å². The molecule has 4 aliphatic heterocycles. The lowest BCUT2D eigenvalue weighted by atomic mass is 9.65. The molecule has 42 heavy (non-hydrogen) atoms. The third-order valence-corrected chi connectivity index (χ3v) is 10.5. The van der Waals surface area contributed by atoms with E-state index in [1.807, 2.05) is 6.92 Å². The van der Waals surface area contributed by atoms with Crippen LogP contribution in [-0.4, -0.2) is 48.2 Å². The van der Waals surface area contributed by atoms with Crippen LogP contribution in [0.25, 0.3) is 0 Å². The van der Waals surface area contributed by atoms with E-state index in [4.69, 9.17) is 14.5 Å². The topological polar surface area (TPSA) is 67.8 Å². The minimum absolute atomic E-state index is 0.0348. The molecule has 0 saturated carbocycles. The van der Waals surface area contributed by atoms with E-state index in [0.29, 0.717) is 18.0 Å². The van der Waals surface area contributed by atoms with Gasteiger partial charge in [-0.05, 0) is 67.7 Å². The van der Waals surface area contributed by atoms with Crippen LogP contribution in [0.5, 0.6) is 5.75 Å². The van der Waals surface area contributed by atoms with Crippen LogP contribution in [0.4, 0.5) is 11.4 Å². The lowest BCUT2D eigenvalue weighted by Gasteiger charge is -2.50. The van der Waals surface area contributed by atoms with Gasteiger partial charge in [-0.2, -0.15) is 0 Å². The van der Waals surface area contributed by atoms with Crippen molar-refractivity contribution in [2.24, 2.45) is 0 Å². The molecule has 3 aromatic rings. The molecule has 3 unspecified atom stereocenters. The maximum atomic E-state index is 13.8. The zero-order valence-corrected chi connectivity index (χ0v) is 26.0. The molecule has 0 radical (unpaired) electrons. The van der Waals surface area contributed by atoms with Gasteiger partial charge in [0.2, 0.25) is 0 Å². The van der Waals surface area contributed by atoms with E-state index in [0.717, 1.165) is 49.4 Å². The van der Waals surface area contributed by atoms with Crippen molar-refractivity contribution in [2.45, 2.75) is 89.7 Å². The Kier molecular flexibility index (Phi) is 5.96. The van der Waals surface area contributed by atoms with Crippen molar-refractivity contribution in [3.05, 3.63) is 76.4 Å². The largest absolute Gasteiger partial charge is 0.493 e. The Hall–Kier alpha value is -3.61. The van der Waals surface area contributed by atoms with Crippen LogP contribution in [-0.2, 0) is 21.2 Å². The molecule has 0 N–H and O–H groups in total. The lowest BCUT2D eigenvalue weighted by Crippen LogP contribution is -2.47. The number of carbonyl (C=O) groups is 1. The fraction of sp³-hybridized carbons (Fsp3) is 0.514. The number of anilines is 2. The highest BCUT2D eigenvalue weighted by Crippen LogP contribution is 2.62. The van der Waals surface area contributed by atoms with Crippen LogP contribution in [0.2, 0.25) is 0 Å². The normalized spacial score (nSPS) is 26.4. The highest BCUT2D eigenvalue weighted by molar-refractivity contribution is 5.94. The van der Waals surface area contributed by atoms with Gasteiger partial charge in [0.25, 0.3) is 0 Å². The van der Waals surface area contributed by atoms with Crippen LogP contribution < -0.4 is 14.5 Å². The van der Waals surface area contributed by atoms with Gasteiger partial charge in [-0.15, -0.1) is 0 Å². The van der Waals surface area contributed by atoms with Crippen molar-refractivity contribution in [3.8, 4) is 5.75 Å². The summed E-state index contributed by atoms with van der Waals surface area (Å²) in [6.45, 7) is 19.2. The van der Waals surface area contributed by atoms with Crippen molar-refractivity contribution >= 4 is 17.3 Å². The highest BCUT2D eigenvalue weighted by atomic mass is 16.6. The molecule has 0 aliphatic carbocycles. The first-order valence-electron chi connectivity index (χ1n) is 15.6. The fourth-order valence-corrected chi connectivity index (χ4v) is 8.37. The molecule has 220 valence electrons. The molecular formula is C35H42N4O3. The quantitative estimate of drug-likeness (QED) is 0.328. The summed E-state index contributed by atoms with van der Waals surface area (Å²) in [5.41, 5.74) is 6.57. The second kappa shape index (κ2) is 9.19. The van der Waals surface area contributed by atoms with E-state index >= 15 is 0 Å². The third kappa shape index (κ3) is 3.48. The van der Waals surface area contributed by atoms with Gasteiger partial charge in [-0.25, -0.2) is 9.78 Å². The number of rotatable bonds is 5. The van der Waals surface area contributed by atoms with E-state index < -0.39 is 11.6 Å². The second-order valence-electron chi connectivity index (χ2n) is 13.7. The van der Waals surface area contributed by atoms with Gasteiger partial charge < -0.3 is 19.3 Å². The van der Waals surface area contributed by atoms with Gasteiger partial charge in [0.15, 0.2) is 11.3 Å². The summed E-state index contributed by atoms with van der Waals surface area (Å²) in [6, 6.07) is 10.9. The Morgan fingerprint density at radius 3 is 2.45 bits per heavy atom. The number of carbonyl (C=O) groups excluding carboxylic acids is 1. The maximum Gasteiger partial charge on any atom is 0.360 e. The molecule has 4 aliphatic rings. The molecular weight excluding hydrogens is 524 g/mol. The number of aromatic nitrogens is 2. The standard InChI is InChI=1S/C35H42N4O3/c1-8-39-21(3)26(22-12-10-11-13-25(22)39)35(31-28(32(40)42-35)36-16-17-37-31)24-20-23-29-27(30(24)41-9-2)34(6,7)15-19-38(29)18-14-33(23,4)5/h10-13,16-17,20-21,26H,8-9,14-15,18-19H2,1-7H3. The summed E-state index contributed by atoms with van der Waals surface area (Å²) in [4.78, 5) is 28.3. The molecule has 5 heterocycles. The first-order valence-corrected chi connectivity index (χ1v) is 15.6. The van der Waals surface area contributed by atoms with Gasteiger partial charge in [0.1, 0.15) is 11.4 Å². The third-order valence-electron chi connectivity index (χ3n) is 10.5. The van der Waals surface area contributed by atoms with Gasteiger partial charge in [-0.3, -0.25) is 4.98 Å². The molecule has 0 amide bonds. The summed E-state index contributed by atoms with van der Waals surface area (Å²) in [7, 11) is 0. The number of ether oxygens (including phenoxy) is 2. The van der Waals surface area contributed by atoms with E-state index in [1.54, 1.807) is 12.4 Å². The summed E-state index contributed by atoms with van der Waals surface area (Å²) < 4.78 is 13.5. The molecule has 0 spiro atoms. The van der Waals surface area contributed by atoms with E-state index in [1.165, 1.54) is 22.5 Å². The molecule has 2 aromatic carbocycles. The van der Waals surface area contributed by atoms with Crippen LogP contribution in [0.1, 0.15) is 106 Å². The molecule has 7 rings (SSSR count). The number of cyclic esters (lactones) is 1. The summed E-state index contributed by atoms with van der Waals surface area (Å²) >= 11 is 0. The van der Waals surface area contributed by atoms with E-state index in [2.05, 4.69) is 86.7 Å². The zero-order chi connectivity index (χ0) is 29.6. The molecule has 7 heteroatoms. The minimum atomic E-state index is -1.21. The maximum absolute atomic E-state index is 13.8. The monoisotopic (exact) mass is 566 g/mol. The van der Waals surface area contributed by atoms with E-state index in [-0.39, 0.29) is 22.8 Å². The number of nitrogens with zero attached hydrogens (tertiary/aromatic N) is 4. The lowest BCUT2D eigenvalue weighted by molar-refractivity contribution is -0.00646. The Labute approximate surface area is 249 Å². The predicted molar refractivity (Wildman–Crippen MR) is 165 cm³/mol. The predicted octanol–water partition coefficient (Wildman–Crippen LogP) is 6.47. The number of fused-ring (bicyclic) bond motifs is 2. The van der Waals surface area contributed by atoms with Crippen molar-refractivity contribution < 1.29 is 14.3 Å². The van der Waals surface area contributed by atoms with Gasteiger partial charge in [0.05, 0.1) is 12.5 Å². The average molecular weight is 567 g/mol. The minimum Gasteiger partial charge on any atom is -0.493 e. The van der Waals surface area contributed by atoms with E-state index in [9.17, 15) is 4.79 Å². The van der Waals surface area contributed by atoms with Crippen molar-refractivity contribution in [3.63, 3.8) is 0 Å². The van der Waals surface area contributed by atoms with Crippen LogP contribution in [0, 0.1) is 0 Å². The van der Waals surface area contributed by atoms with Crippen LogP contribution in [0.15, 0.2) is 42.7 Å². The van der Waals surface area contributed by atoms with Gasteiger partial charge in [0, 0.05) is 60.6 Å². The van der Waals surface area contributed by atoms with Crippen LogP contribution in [0.3, 0.4) is 0 Å². The Morgan fingerprint density at radius 1 is 1.00 bits per heavy atom. The number of hydrogen-bond acceptors (Lipinski definition) is 7. The van der Waals surface area contributed by atoms with Crippen LogP contribution >= 0.6 is 0 Å². The smallest absolute Gasteiger partial charge is 0.360 e. The molecule has 7 nitrogen and oxygen atoms in total. The number of esters is 1. The zero-order valence-electron chi connectivity index (χ0n) is 26.0. The molecule has 0 bridgehead atoms. The molecule has 0 fully saturated rings. The molecule has 0 saturated heterocycles. The summed E-state index contributed by atoms with van der Waals surface area (Å²) in [5, 5.41) is 0. The average Bonchev–Trinajstić information content (AvgIpc) is 3.42. The highest BCUT2D eigenvalue weighted by Gasteiger charge is 2.62. The molecule has 1 aromatic heterocycles. The Morgan fingerprint density at radius 2 is 1.71 bits per heavy atom. The SMILES string of the molecule is CCOc1c(C2(C3c4ccccc4N(CC)C3C)OC(=O)c3nccnc32)cc2c3c1C(C)(C)CCN3CCC2(C)C. The van der Waals surface area contributed by atoms with Gasteiger partial charge in [-0.1, -0.05) is 45.9 Å². The Balaban J connectivity index is 1.64. The van der Waals surface area contributed by atoms with Crippen molar-refractivity contribution in [2.75, 3.05) is 36.0 Å². The van der Waals surface area contributed by atoms with Gasteiger partial charge >= 0.3 is 5.97 Å². The number of para-hydroxylation sites is 1. The second-order valence-corrected chi connectivity index (χ2v) is 13.7. The summed E-state index contributed by atoms with van der Waals surface area (Å²) in [5.74, 6) is 0.204. The van der Waals surface area contributed by atoms with Crippen molar-refractivity contribution in [1.82, 2.24) is 9.97 Å². The number of hydrogen-bond donors (Lipinski definition) is 0. The Bertz CT molecular complexity index is 1600. The number of likely N-dealkylation sites (N-methyl/N-ethyl adjacent to an activating group) is 1. The number of benzene rings is 2.